The molecule has 0 aromatic carbocycles. The number of hydrogen-bond donors (Lipinski definition) is 3. The molecule has 0 heterocycles. The van der Waals surface area contributed by atoms with E-state index in [1.54, 1.807) is 0 Å². The minimum absolute atomic E-state index is 0.152. The number of nitrogens with two attached hydrogens (primary N) is 1. The van der Waals surface area contributed by atoms with Crippen molar-refractivity contribution >= 4 is 11.8 Å². The van der Waals surface area contributed by atoms with Gasteiger partial charge in [-0.1, -0.05) is 0 Å². The van der Waals surface area contributed by atoms with Crippen LogP contribution in [0.1, 0.15) is 13.3 Å². The number of carbonyl (C=O) groups excluding carboxylic acids is 2. The highest BCUT2D eigenvalue weighted by molar-refractivity contribution is 5.80. The molecule has 0 aliphatic carbocycles. The summed E-state index contributed by atoms with van der Waals surface area (Å²) < 4.78 is 4.94. The second kappa shape index (κ2) is 7.28. The summed E-state index contributed by atoms with van der Waals surface area (Å²) in [6.45, 7) is 2.56. The van der Waals surface area contributed by atoms with Gasteiger partial charge in [0.1, 0.15) is 6.10 Å². The van der Waals surface area contributed by atoms with E-state index in [1.165, 1.54) is 0 Å². The molecule has 0 radical (unpaired) electrons. The van der Waals surface area contributed by atoms with Crippen molar-refractivity contribution in [3.8, 4) is 0 Å². The molecule has 0 aromatic rings. The average molecular weight is 204 g/mol. The Morgan fingerprint density at radius 2 is 2.21 bits per heavy atom. The number of aliphatic hydroxyl groups is 1. The lowest BCUT2D eigenvalue weighted by molar-refractivity contribution is -0.127. The Labute approximate surface area is 82.4 Å². The Morgan fingerprint density at radius 1 is 1.57 bits per heavy atom. The maximum atomic E-state index is 11.0. The fourth-order valence-corrected chi connectivity index (χ4v) is 0.709. The van der Waals surface area contributed by atoms with Crippen LogP contribution in [0.2, 0.25) is 0 Å². The second-order valence-corrected chi connectivity index (χ2v) is 2.67. The first-order valence-electron chi connectivity index (χ1n) is 4.39. The highest BCUT2D eigenvalue weighted by atomic mass is 16.5. The summed E-state index contributed by atoms with van der Waals surface area (Å²) in [4.78, 5) is 21.4. The maximum Gasteiger partial charge on any atom is 0.248 e. The molecular formula is C8H16N2O4. The molecule has 2 amide bonds. The van der Waals surface area contributed by atoms with Crippen LogP contribution < -0.4 is 11.1 Å². The molecule has 82 valence electrons. The van der Waals surface area contributed by atoms with Crippen LogP contribution >= 0.6 is 0 Å². The van der Waals surface area contributed by atoms with Crippen LogP contribution in [-0.4, -0.2) is 42.8 Å². The van der Waals surface area contributed by atoms with Crippen LogP contribution in [0, 0.1) is 0 Å². The van der Waals surface area contributed by atoms with Gasteiger partial charge in [0.2, 0.25) is 11.8 Å². The first kappa shape index (κ1) is 12.9. The molecule has 0 aromatic heterocycles. The fraction of sp³-hybridized carbons (Fsp3) is 0.750. The number of primary amides is 1. The topological polar surface area (TPSA) is 102 Å². The lowest BCUT2D eigenvalue weighted by atomic mass is 10.3. The van der Waals surface area contributed by atoms with E-state index in [2.05, 4.69) is 5.32 Å². The smallest absolute Gasteiger partial charge is 0.248 e. The Hall–Kier alpha value is -1.14. The first-order chi connectivity index (χ1) is 6.57. The van der Waals surface area contributed by atoms with E-state index in [1.807, 2.05) is 6.92 Å². The molecule has 0 aliphatic heterocycles. The number of carbonyl (C=O) groups is 2. The standard InChI is InChI=1S/C8H16N2O4/c1-2-14-4-3-7(12)10-5-6(11)8(9)13/h6,11H,2-5H2,1H3,(H2,9,13)(H,10,12). The molecule has 0 bridgehead atoms. The maximum absolute atomic E-state index is 11.0. The molecule has 6 nitrogen and oxygen atoms in total. The van der Waals surface area contributed by atoms with Gasteiger partial charge in [0.15, 0.2) is 0 Å². The molecule has 6 heteroatoms. The summed E-state index contributed by atoms with van der Waals surface area (Å²) in [7, 11) is 0. The van der Waals surface area contributed by atoms with Crippen molar-refractivity contribution < 1.29 is 19.4 Å². The summed E-state index contributed by atoms with van der Waals surface area (Å²) in [6, 6.07) is 0. The monoisotopic (exact) mass is 204 g/mol. The molecule has 0 rings (SSSR count). The fourth-order valence-electron chi connectivity index (χ4n) is 0.709. The van der Waals surface area contributed by atoms with E-state index in [0.717, 1.165) is 0 Å². The van der Waals surface area contributed by atoms with E-state index in [9.17, 15) is 9.59 Å². The van der Waals surface area contributed by atoms with Crippen molar-refractivity contribution in [2.45, 2.75) is 19.4 Å². The van der Waals surface area contributed by atoms with Crippen LogP contribution in [0.15, 0.2) is 0 Å². The van der Waals surface area contributed by atoms with Gasteiger partial charge in [-0.3, -0.25) is 9.59 Å². The average Bonchev–Trinajstić information content (AvgIpc) is 2.14. The number of rotatable bonds is 7. The first-order valence-corrected chi connectivity index (χ1v) is 4.39. The Bertz CT molecular complexity index is 196. The Kier molecular flexibility index (Phi) is 6.69. The van der Waals surface area contributed by atoms with Gasteiger partial charge < -0.3 is 20.9 Å². The second-order valence-electron chi connectivity index (χ2n) is 2.67. The number of hydrogen-bond acceptors (Lipinski definition) is 4. The van der Waals surface area contributed by atoms with Crippen LogP contribution in [-0.2, 0) is 14.3 Å². The molecule has 0 saturated heterocycles. The van der Waals surface area contributed by atoms with Gasteiger partial charge in [0.05, 0.1) is 13.2 Å². The van der Waals surface area contributed by atoms with Gasteiger partial charge in [-0.2, -0.15) is 0 Å². The molecule has 1 atom stereocenters. The van der Waals surface area contributed by atoms with Crippen LogP contribution in [0.3, 0.4) is 0 Å². The van der Waals surface area contributed by atoms with E-state index < -0.39 is 12.0 Å². The molecule has 4 N–H and O–H groups in total. The van der Waals surface area contributed by atoms with Crippen LogP contribution in [0.25, 0.3) is 0 Å². The summed E-state index contributed by atoms with van der Waals surface area (Å²) in [5, 5.41) is 11.3. The van der Waals surface area contributed by atoms with Crippen molar-refractivity contribution in [3.05, 3.63) is 0 Å². The minimum Gasteiger partial charge on any atom is -0.381 e. The van der Waals surface area contributed by atoms with Gasteiger partial charge in [-0.05, 0) is 6.92 Å². The molecule has 1 unspecified atom stereocenters. The molecular weight excluding hydrogens is 188 g/mol. The zero-order valence-corrected chi connectivity index (χ0v) is 8.16. The molecule has 0 fully saturated rings. The zero-order valence-electron chi connectivity index (χ0n) is 8.16. The summed E-state index contributed by atoms with van der Waals surface area (Å²) in [5.41, 5.74) is 4.78. The van der Waals surface area contributed by atoms with Crippen molar-refractivity contribution in [1.82, 2.24) is 5.32 Å². The van der Waals surface area contributed by atoms with Gasteiger partial charge in [0, 0.05) is 13.0 Å². The highest BCUT2D eigenvalue weighted by Gasteiger charge is 2.11. The normalized spacial score (nSPS) is 12.1. The summed E-state index contributed by atoms with van der Waals surface area (Å²) >= 11 is 0. The zero-order chi connectivity index (χ0) is 11.0. The van der Waals surface area contributed by atoms with E-state index in [0.29, 0.717) is 13.2 Å². The van der Waals surface area contributed by atoms with E-state index in [-0.39, 0.29) is 18.9 Å². The van der Waals surface area contributed by atoms with E-state index in [4.69, 9.17) is 15.6 Å². The lowest BCUT2D eigenvalue weighted by Gasteiger charge is -2.08. The third-order valence-corrected chi connectivity index (χ3v) is 1.50. The third-order valence-electron chi connectivity index (χ3n) is 1.50. The predicted octanol–water partition coefficient (Wildman–Crippen LogP) is -1.62. The summed E-state index contributed by atoms with van der Waals surface area (Å²) in [5.74, 6) is -1.13. The van der Waals surface area contributed by atoms with Crippen molar-refractivity contribution in [1.29, 1.82) is 0 Å². The SMILES string of the molecule is CCOCCC(=O)NCC(O)C(N)=O. The Balaban J connectivity index is 3.48. The molecule has 0 saturated carbocycles. The molecule has 0 aliphatic rings. The van der Waals surface area contributed by atoms with Crippen molar-refractivity contribution in [3.63, 3.8) is 0 Å². The van der Waals surface area contributed by atoms with Crippen LogP contribution in [0.5, 0.6) is 0 Å². The Morgan fingerprint density at radius 3 is 2.71 bits per heavy atom. The number of ether oxygens (including phenoxy) is 1. The quantitative estimate of drug-likeness (QED) is 0.433. The molecule has 0 spiro atoms. The largest absolute Gasteiger partial charge is 0.381 e. The highest BCUT2D eigenvalue weighted by Crippen LogP contribution is 1.84. The number of nitrogens with one attached hydrogen (secondary N) is 1. The number of aliphatic hydroxyl groups excluding tert-OH is 1. The van der Waals surface area contributed by atoms with E-state index >= 15 is 0 Å². The van der Waals surface area contributed by atoms with Gasteiger partial charge in [-0.15, -0.1) is 0 Å². The minimum atomic E-state index is -1.33. The third kappa shape index (κ3) is 6.38. The predicted molar refractivity (Wildman–Crippen MR) is 49.3 cm³/mol. The van der Waals surface area contributed by atoms with Crippen molar-refractivity contribution in [2.75, 3.05) is 19.8 Å². The van der Waals surface area contributed by atoms with Gasteiger partial charge in [0.25, 0.3) is 0 Å². The van der Waals surface area contributed by atoms with Crippen molar-refractivity contribution in [2.24, 2.45) is 5.73 Å². The van der Waals surface area contributed by atoms with Gasteiger partial charge >= 0.3 is 0 Å². The van der Waals surface area contributed by atoms with Crippen LogP contribution in [0.4, 0.5) is 0 Å². The van der Waals surface area contributed by atoms with Gasteiger partial charge in [-0.25, -0.2) is 0 Å². The summed E-state index contributed by atoms with van der Waals surface area (Å²) in [6.07, 6.45) is -1.12. The lowest BCUT2D eigenvalue weighted by Crippen LogP contribution is -2.40. The number of amides is 2. The molecule has 14 heavy (non-hydrogen) atoms.